The molecule has 0 saturated carbocycles. The van der Waals surface area contributed by atoms with Gasteiger partial charge in [0.1, 0.15) is 5.70 Å². The molecule has 0 saturated heterocycles. The topological polar surface area (TPSA) is 49.4 Å². The number of benzene rings is 3. The normalized spacial score (nSPS) is 14.3. The number of hydrogen-bond donors (Lipinski definition) is 1. The molecule has 3 aromatic carbocycles. The molecule has 0 unspecified atom stereocenters. The summed E-state index contributed by atoms with van der Waals surface area (Å²) in [6, 6.07) is 22.6. The summed E-state index contributed by atoms with van der Waals surface area (Å²) in [5, 5.41) is 2.78. The van der Waals surface area contributed by atoms with E-state index >= 15 is 0 Å². The van der Waals surface area contributed by atoms with Crippen molar-refractivity contribution in [3.8, 4) is 0 Å². The molecule has 1 aliphatic heterocycles. The first-order valence-corrected chi connectivity index (χ1v) is 9.98. The van der Waals surface area contributed by atoms with Gasteiger partial charge in [-0.2, -0.15) is 13.2 Å². The first kappa shape index (κ1) is 21.4. The number of nitrogens with zero attached hydrogens (tertiary/aromatic N) is 1. The van der Waals surface area contributed by atoms with E-state index < -0.39 is 23.6 Å². The summed E-state index contributed by atoms with van der Waals surface area (Å²) >= 11 is 0. The molecular formula is C25H19F3N2O2. The first-order valence-electron chi connectivity index (χ1n) is 9.98. The van der Waals surface area contributed by atoms with Crippen molar-refractivity contribution in [1.29, 1.82) is 0 Å². The van der Waals surface area contributed by atoms with Crippen LogP contribution >= 0.6 is 0 Å². The molecule has 0 fully saturated rings. The van der Waals surface area contributed by atoms with Crippen LogP contribution in [-0.2, 0) is 22.2 Å². The van der Waals surface area contributed by atoms with Crippen LogP contribution in [0, 0.1) is 0 Å². The number of alkyl halides is 3. The smallest absolute Gasteiger partial charge is 0.350 e. The van der Waals surface area contributed by atoms with E-state index in [1.807, 2.05) is 30.3 Å². The van der Waals surface area contributed by atoms with Gasteiger partial charge in [-0.25, -0.2) is 0 Å². The van der Waals surface area contributed by atoms with Gasteiger partial charge in [-0.15, -0.1) is 0 Å². The van der Waals surface area contributed by atoms with Crippen LogP contribution in [0.5, 0.6) is 0 Å². The molecule has 0 aromatic heterocycles. The molecule has 7 heteroatoms. The molecule has 3 aromatic rings. The van der Waals surface area contributed by atoms with Crippen LogP contribution in [0.25, 0.3) is 5.57 Å². The van der Waals surface area contributed by atoms with Gasteiger partial charge in [0.05, 0.1) is 11.1 Å². The van der Waals surface area contributed by atoms with Gasteiger partial charge in [0, 0.05) is 12.2 Å². The standard InChI is InChI=1S/C25H19F3N2O2/c26-25(27,28)19-12-7-13-20(16-19)29-22-21(18-10-5-2-6-11-18)23(31)30(24(22)32)15-14-17-8-3-1-4-9-17/h1-13,16,29H,14-15H2. The summed E-state index contributed by atoms with van der Waals surface area (Å²) in [5.74, 6) is -1.05. The van der Waals surface area contributed by atoms with Gasteiger partial charge >= 0.3 is 6.18 Å². The van der Waals surface area contributed by atoms with Gasteiger partial charge < -0.3 is 5.32 Å². The lowest BCUT2D eigenvalue weighted by molar-refractivity contribution is -0.138. The van der Waals surface area contributed by atoms with Crippen molar-refractivity contribution in [3.63, 3.8) is 0 Å². The highest BCUT2D eigenvalue weighted by molar-refractivity contribution is 6.36. The lowest BCUT2D eigenvalue weighted by atomic mass is 10.0. The highest BCUT2D eigenvalue weighted by atomic mass is 19.4. The maximum atomic E-state index is 13.2. The summed E-state index contributed by atoms with van der Waals surface area (Å²) in [5.41, 5.74) is 0.822. The molecule has 1 aliphatic rings. The number of anilines is 1. The third kappa shape index (κ3) is 4.42. The van der Waals surface area contributed by atoms with Crippen molar-refractivity contribution >= 4 is 23.1 Å². The molecule has 1 N–H and O–H groups in total. The summed E-state index contributed by atoms with van der Waals surface area (Å²) in [7, 11) is 0. The molecular weight excluding hydrogens is 417 g/mol. The minimum atomic E-state index is -4.52. The fourth-order valence-electron chi connectivity index (χ4n) is 3.57. The van der Waals surface area contributed by atoms with E-state index in [1.165, 1.54) is 12.1 Å². The Bertz CT molecular complexity index is 1170. The fourth-order valence-corrected chi connectivity index (χ4v) is 3.57. The number of nitrogens with one attached hydrogen (secondary N) is 1. The van der Waals surface area contributed by atoms with E-state index in [1.54, 1.807) is 30.3 Å². The lowest BCUT2D eigenvalue weighted by Gasteiger charge is -2.15. The predicted molar refractivity (Wildman–Crippen MR) is 115 cm³/mol. The molecule has 1 heterocycles. The fraction of sp³-hybridized carbons (Fsp3) is 0.120. The Hall–Kier alpha value is -3.87. The van der Waals surface area contributed by atoms with Crippen LogP contribution in [0.1, 0.15) is 16.7 Å². The quantitative estimate of drug-likeness (QED) is 0.545. The molecule has 32 heavy (non-hydrogen) atoms. The van der Waals surface area contributed by atoms with Gasteiger partial charge in [-0.05, 0) is 35.7 Å². The van der Waals surface area contributed by atoms with E-state index in [-0.39, 0.29) is 23.5 Å². The first-order chi connectivity index (χ1) is 15.3. The molecule has 0 bridgehead atoms. The Kier molecular flexibility index (Phi) is 5.81. The highest BCUT2D eigenvalue weighted by Gasteiger charge is 2.39. The van der Waals surface area contributed by atoms with E-state index in [9.17, 15) is 22.8 Å². The Morgan fingerprint density at radius 2 is 1.44 bits per heavy atom. The van der Waals surface area contributed by atoms with Crippen molar-refractivity contribution in [3.05, 3.63) is 107 Å². The number of amides is 2. The van der Waals surface area contributed by atoms with Gasteiger partial charge in [-0.3, -0.25) is 14.5 Å². The largest absolute Gasteiger partial charge is 0.416 e. The van der Waals surface area contributed by atoms with Gasteiger partial charge in [0.2, 0.25) is 0 Å². The Morgan fingerprint density at radius 3 is 2.09 bits per heavy atom. The summed E-state index contributed by atoms with van der Waals surface area (Å²) in [6.45, 7) is 0.159. The molecule has 0 radical (unpaired) electrons. The maximum Gasteiger partial charge on any atom is 0.416 e. The van der Waals surface area contributed by atoms with Crippen LogP contribution < -0.4 is 5.32 Å². The molecule has 162 valence electrons. The van der Waals surface area contributed by atoms with Crippen LogP contribution in [0.3, 0.4) is 0 Å². The molecule has 2 amide bonds. The van der Waals surface area contributed by atoms with Crippen LogP contribution in [0.2, 0.25) is 0 Å². The minimum Gasteiger partial charge on any atom is -0.350 e. The third-order valence-electron chi connectivity index (χ3n) is 5.16. The van der Waals surface area contributed by atoms with Gasteiger partial charge in [0.25, 0.3) is 11.8 Å². The average Bonchev–Trinajstić information content (AvgIpc) is 3.02. The lowest BCUT2D eigenvalue weighted by Crippen LogP contribution is -2.34. The molecule has 4 rings (SSSR count). The second-order valence-electron chi connectivity index (χ2n) is 7.32. The third-order valence-corrected chi connectivity index (χ3v) is 5.16. The molecule has 4 nitrogen and oxygen atoms in total. The zero-order chi connectivity index (χ0) is 22.7. The molecule has 0 spiro atoms. The van der Waals surface area contributed by atoms with E-state index in [0.29, 0.717) is 12.0 Å². The SMILES string of the molecule is O=C1C(Nc2cccc(C(F)(F)F)c2)=C(c2ccccc2)C(=O)N1CCc1ccccc1. The average molecular weight is 436 g/mol. The van der Waals surface area contributed by atoms with Crippen molar-refractivity contribution in [2.24, 2.45) is 0 Å². The van der Waals surface area contributed by atoms with E-state index in [2.05, 4.69) is 5.32 Å². The number of halogens is 3. The second-order valence-corrected chi connectivity index (χ2v) is 7.32. The Labute approximate surface area is 183 Å². The number of carbonyl (C=O) groups is 2. The maximum absolute atomic E-state index is 13.2. The van der Waals surface area contributed by atoms with Crippen LogP contribution in [0.15, 0.2) is 90.6 Å². The Morgan fingerprint density at radius 1 is 0.781 bits per heavy atom. The zero-order valence-electron chi connectivity index (χ0n) is 16.9. The number of rotatable bonds is 6. The molecule has 0 atom stereocenters. The highest BCUT2D eigenvalue weighted by Crippen LogP contribution is 2.33. The van der Waals surface area contributed by atoms with E-state index in [0.717, 1.165) is 22.6 Å². The van der Waals surface area contributed by atoms with E-state index in [4.69, 9.17) is 0 Å². The monoisotopic (exact) mass is 436 g/mol. The van der Waals surface area contributed by atoms with Crippen molar-refractivity contribution in [2.75, 3.05) is 11.9 Å². The minimum absolute atomic E-state index is 0.0337. The Balaban J connectivity index is 1.67. The summed E-state index contributed by atoms with van der Waals surface area (Å²) in [4.78, 5) is 27.5. The summed E-state index contributed by atoms with van der Waals surface area (Å²) < 4.78 is 39.3. The summed E-state index contributed by atoms with van der Waals surface area (Å²) in [6.07, 6.45) is -4.05. The van der Waals surface area contributed by atoms with Crippen LogP contribution in [-0.4, -0.2) is 23.3 Å². The second kappa shape index (κ2) is 8.70. The number of imide groups is 1. The van der Waals surface area contributed by atoms with Gasteiger partial charge in [-0.1, -0.05) is 66.7 Å². The van der Waals surface area contributed by atoms with Gasteiger partial charge in [0.15, 0.2) is 0 Å². The molecule has 0 aliphatic carbocycles. The predicted octanol–water partition coefficient (Wildman–Crippen LogP) is 5.14. The van der Waals surface area contributed by atoms with Crippen molar-refractivity contribution in [2.45, 2.75) is 12.6 Å². The number of carbonyl (C=O) groups excluding carboxylic acids is 2. The van der Waals surface area contributed by atoms with Crippen molar-refractivity contribution < 1.29 is 22.8 Å². The van der Waals surface area contributed by atoms with Crippen molar-refractivity contribution in [1.82, 2.24) is 4.90 Å². The zero-order valence-corrected chi connectivity index (χ0v) is 16.9. The van der Waals surface area contributed by atoms with Crippen LogP contribution in [0.4, 0.5) is 18.9 Å². The number of hydrogen-bond acceptors (Lipinski definition) is 3.